The normalized spacial score (nSPS) is 30.8. The van der Waals surface area contributed by atoms with Crippen LogP contribution in [0, 0.1) is 23.7 Å². The van der Waals surface area contributed by atoms with Crippen molar-refractivity contribution in [3.63, 3.8) is 0 Å². The molecule has 2 aliphatic rings. The van der Waals surface area contributed by atoms with E-state index in [0.717, 1.165) is 12.3 Å². The molecule has 0 aliphatic heterocycles. The van der Waals surface area contributed by atoms with Crippen molar-refractivity contribution in [2.75, 3.05) is 0 Å². The Labute approximate surface area is 111 Å². The molecule has 18 heavy (non-hydrogen) atoms. The minimum atomic E-state index is -0.642. The van der Waals surface area contributed by atoms with Gasteiger partial charge in [0.15, 0.2) is 0 Å². The number of carbonyl (C=O) groups is 1. The van der Waals surface area contributed by atoms with Crippen LogP contribution in [0.5, 0.6) is 0 Å². The first-order chi connectivity index (χ1) is 8.12. The first-order valence-corrected chi connectivity index (χ1v) is 6.90. The van der Waals surface area contributed by atoms with Crippen molar-refractivity contribution in [3.05, 3.63) is 19.1 Å². The number of rotatable bonds is 3. The molecule has 2 rings (SSSR count). The summed E-state index contributed by atoms with van der Waals surface area (Å²) in [5.74, 6) is 0.563. The predicted molar refractivity (Wildman–Crippen MR) is 72.8 cm³/mol. The van der Waals surface area contributed by atoms with Crippen molar-refractivity contribution in [1.82, 2.24) is 0 Å². The standard InChI is InChI=1S/C16H25O2/c1-14(2,3)18-13(17)15(4,5)11-16-8-6-12(10-16)7-9-16/h6,8,12H,4,7,9-11H2,1-3,5H3. The molecule has 1 radical (unpaired) electrons. The highest BCUT2D eigenvalue weighted by Gasteiger charge is 2.46. The van der Waals surface area contributed by atoms with Crippen molar-refractivity contribution in [2.24, 2.45) is 16.7 Å². The van der Waals surface area contributed by atoms with Crippen molar-refractivity contribution in [2.45, 2.75) is 59.0 Å². The highest BCUT2D eigenvalue weighted by Crippen LogP contribution is 2.54. The Morgan fingerprint density at radius 2 is 2.11 bits per heavy atom. The van der Waals surface area contributed by atoms with E-state index in [2.05, 4.69) is 19.1 Å². The van der Waals surface area contributed by atoms with Crippen LogP contribution in [-0.2, 0) is 9.53 Å². The average molecular weight is 249 g/mol. The first kappa shape index (κ1) is 13.6. The van der Waals surface area contributed by atoms with E-state index in [0.29, 0.717) is 0 Å². The lowest BCUT2D eigenvalue weighted by Gasteiger charge is -2.34. The summed E-state index contributed by atoms with van der Waals surface area (Å²) < 4.78 is 5.49. The minimum absolute atomic E-state index is 0.173. The van der Waals surface area contributed by atoms with Gasteiger partial charge in [0.1, 0.15) is 5.60 Å². The summed E-state index contributed by atoms with van der Waals surface area (Å²) in [6, 6.07) is 0. The number of carbonyl (C=O) groups excluding carboxylic acids is 1. The molecule has 2 aliphatic carbocycles. The lowest BCUT2D eigenvalue weighted by Crippen LogP contribution is -2.37. The number of ether oxygens (including phenoxy) is 1. The summed E-state index contributed by atoms with van der Waals surface area (Å²) in [5.41, 5.74) is -0.869. The second kappa shape index (κ2) is 4.11. The van der Waals surface area contributed by atoms with E-state index in [-0.39, 0.29) is 11.4 Å². The van der Waals surface area contributed by atoms with Gasteiger partial charge >= 0.3 is 5.97 Å². The molecule has 1 saturated carbocycles. The van der Waals surface area contributed by atoms with Crippen LogP contribution in [0.2, 0.25) is 0 Å². The van der Waals surface area contributed by atoms with Gasteiger partial charge in [0, 0.05) is 0 Å². The van der Waals surface area contributed by atoms with Crippen LogP contribution >= 0.6 is 0 Å². The van der Waals surface area contributed by atoms with Gasteiger partial charge in [-0.15, -0.1) is 0 Å². The van der Waals surface area contributed by atoms with Crippen molar-refractivity contribution in [3.8, 4) is 0 Å². The van der Waals surface area contributed by atoms with Gasteiger partial charge in [-0.25, -0.2) is 0 Å². The fraction of sp³-hybridized carbons (Fsp3) is 0.750. The lowest BCUT2D eigenvalue weighted by molar-refractivity contribution is -0.165. The van der Waals surface area contributed by atoms with Gasteiger partial charge in [0.2, 0.25) is 0 Å². The first-order valence-electron chi connectivity index (χ1n) is 6.90. The molecule has 2 bridgehead atoms. The summed E-state index contributed by atoms with van der Waals surface area (Å²) in [6.45, 7) is 11.7. The second-order valence-corrected chi connectivity index (χ2v) is 7.46. The molecule has 3 atom stereocenters. The number of hydrogen-bond acceptors (Lipinski definition) is 2. The molecule has 0 saturated heterocycles. The van der Waals surface area contributed by atoms with Crippen LogP contribution in [0.4, 0.5) is 0 Å². The van der Waals surface area contributed by atoms with Gasteiger partial charge in [0.25, 0.3) is 0 Å². The van der Waals surface area contributed by atoms with Gasteiger partial charge in [-0.2, -0.15) is 0 Å². The van der Waals surface area contributed by atoms with Crippen LogP contribution in [-0.4, -0.2) is 11.6 Å². The van der Waals surface area contributed by atoms with E-state index in [4.69, 9.17) is 4.74 Å². The molecule has 3 unspecified atom stereocenters. The van der Waals surface area contributed by atoms with E-state index in [1.807, 2.05) is 27.7 Å². The van der Waals surface area contributed by atoms with Gasteiger partial charge in [-0.1, -0.05) is 12.2 Å². The SMILES string of the molecule is [CH2]C(C)(CC12C=CC(CC1)C2)C(=O)OC(C)(C)C. The predicted octanol–water partition coefficient (Wildman–Crippen LogP) is 3.91. The molecule has 1 fully saturated rings. The summed E-state index contributed by atoms with van der Waals surface area (Å²) in [4.78, 5) is 12.2. The Morgan fingerprint density at radius 1 is 1.44 bits per heavy atom. The quantitative estimate of drug-likeness (QED) is 0.560. The Balaban J connectivity index is 2.03. The third-order valence-electron chi connectivity index (χ3n) is 4.04. The molecule has 0 aromatic heterocycles. The Morgan fingerprint density at radius 3 is 2.50 bits per heavy atom. The molecule has 101 valence electrons. The number of fused-ring (bicyclic) bond motifs is 2. The lowest BCUT2D eigenvalue weighted by atomic mass is 9.72. The molecule has 0 spiro atoms. The molecule has 0 aromatic carbocycles. The maximum Gasteiger partial charge on any atom is 0.312 e. The van der Waals surface area contributed by atoms with Crippen LogP contribution in [0.15, 0.2) is 12.2 Å². The fourth-order valence-electron chi connectivity index (χ4n) is 3.32. The van der Waals surface area contributed by atoms with E-state index in [1.165, 1.54) is 19.3 Å². The summed E-state index contributed by atoms with van der Waals surface area (Å²) in [7, 11) is 0. The molecule has 0 amide bonds. The van der Waals surface area contributed by atoms with Crippen molar-refractivity contribution < 1.29 is 9.53 Å². The van der Waals surface area contributed by atoms with E-state index >= 15 is 0 Å². The summed E-state index contributed by atoms with van der Waals surface area (Å²) in [5, 5.41) is 0. The van der Waals surface area contributed by atoms with Crippen LogP contribution < -0.4 is 0 Å². The topological polar surface area (TPSA) is 26.3 Å². The number of hydrogen-bond donors (Lipinski definition) is 0. The molecule has 0 N–H and O–H groups in total. The molecule has 0 aromatic rings. The molecule has 2 heteroatoms. The zero-order chi connectivity index (χ0) is 13.6. The Hall–Kier alpha value is -0.790. The molecular weight excluding hydrogens is 224 g/mol. The van der Waals surface area contributed by atoms with Gasteiger partial charge < -0.3 is 4.74 Å². The van der Waals surface area contributed by atoms with E-state index in [1.54, 1.807) is 0 Å². The Kier molecular flexibility index (Phi) is 3.11. The highest BCUT2D eigenvalue weighted by molar-refractivity contribution is 5.77. The maximum atomic E-state index is 12.2. The third-order valence-corrected chi connectivity index (χ3v) is 4.04. The molecular formula is C16H25O2. The number of esters is 1. The largest absolute Gasteiger partial charge is 0.460 e. The molecule has 0 heterocycles. The monoisotopic (exact) mass is 249 g/mol. The van der Waals surface area contributed by atoms with Crippen molar-refractivity contribution in [1.29, 1.82) is 0 Å². The summed E-state index contributed by atoms with van der Waals surface area (Å²) >= 11 is 0. The zero-order valence-electron chi connectivity index (χ0n) is 12.1. The zero-order valence-corrected chi connectivity index (χ0v) is 12.1. The van der Waals surface area contributed by atoms with E-state index in [9.17, 15) is 4.79 Å². The number of allylic oxidation sites excluding steroid dienone is 2. The van der Waals surface area contributed by atoms with Gasteiger partial charge in [-0.3, -0.25) is 4.79 Å². The van der Waals surface area contributed by atoms with Crippen LogP contribution in [0.25, 0.3) is 0 Å². The van der Waals surface area contributed by atoms with Crippen LogP contribution in [0.1, 0.15) is 53.4 Å². The minimum Gasteiger partial charge on any atom is -0.460 e. The maximum absolute atomic E-state index is 12.2. The molecule has 2 nitrogen and oxygen atoms in total. The fourth-order valence-corrected chi connectivity index (χ4v) is 3.32. The second-order valence-electron chi connectivity index (χ2n) is 7.46. The van der Waals surface area contributed by atoms with Gasteiger partial charge in [0.05, 0.1) is 5.41 Å². The Bertz CT molecular complexity index is 373. The third kappa shape index (κ3) is 2.78. The van der Waals surface area contributed by atoms with E-state index < -0.39 is 11.0 Å². The summed E-state index contributed by atoms with van der Waals surface area (Å²) in [6.07, 6.45) is 9.09. The average Bonchev–Trinajstić information content (AvgIpc) is 2.73. The van der Waals surface area contributed by atoms with Gasteiger partial charge in [-0.05, 0) is 71.6 Å². The van der Waals surface area contributed by atoms with Crippen molar-refractivity contribution >= 4 is 5.97 Å². The van der Waals surface area contributed by atoms with Crippen LogP contribution in [0.3, 0.4) is 0 Å². The smallest absolute Gasteiger partial charge is 0.312 e. The highest BCUT2D eigenvalue weighted by atomic mass is 16.6.